The first-order valence-corrected chi connectivity index (χ1v) is 10.7. The van der Waals surface area contributed by atoms with Gasteiger partial charge in [0.2, 0.25) is 6.04 Å². The van der Waals surface area contributed by atoms with Crippen LogP contribution in [-0.2, 0) is 0 Å². The van der Waals surface area contributed by atoms with Crippen molar-refractivity contribution in [1.82, 2.24) is 4.98 Å². The Morgan fingerprint density at radius 1 is 1.06 bits per heavy atom. The van der Waals surface area contributed by atoms with Crippen LogP contribution in [0.5, 0.6) is 5.75 Å². The number of hydrogen-bond acceptors (Lipinski definition) is 4. The van der Waals surface area contributed by atoms with Gasteiger partial charge in [0.1, 0.15) is 12.4 Å². The molecule has 158 valence electrons. The van der Waals surface area contributed by atoms with E-state index in [1.54, 1.807) is 30.6 Å². The van der Waals surface area contributed by atoms with Gasteiger partial charge in [-0.1, -0.05) is 53.5 Å². The van der Waals surface area contributed by atoms with Crippen molar-refractivity contribution in [3.8, 4) is 5.75 Å². The molecule has 2 aromatic carbocycles. The Labute approximate surface area is 190 Å². The highest BCUT2D eigenvalue weighted by Gasteiger charge is 2.40. The van der Waals surface area contributed by atoms with Crippen molar-refractivity contribution < 1.29 is 9.66 Å². The predicted molar refractivity (Wildman–Crippen MR) is 122 cm³/mol. The van der Waals surface area contributed by atoms with E-state index in [9.17, 15) is 10.1 Å². The molecular weight excluding hydrogens is 435 g/mol. The number of aromatic nitrogens is 1. The maximum atomic E-state index is 12.0. The highest BCUT2D eigenvalue weighted by atomic mass is 35.5. The largest absolute Gasteiger partial charge is 0.489 e. The van der Waals surface area contributed by atoms with Gasteiger partial charge in [0.25, 0.3) is 0 Å². The summed E-state index contributed by atoms with van der Waals surface area (Å²) in [5, 5.41) is 13.0. The third kappa shape index (κ3) is 4.89. The fraction of sp³-hybridized carbons (Fsp3) is 0.208. The lowest BCUT2D eigenvalue weighted by atomic mass is 9.75. The van der Waals surface area contributed by atoms with E-state index in [2.05, 4.69) is 4.98 Å². The summed E-state index contributed by atoms with van der Waals surface area (Å²) < 4.78 is 5.96. The molecule has 0 spiro atoms. The number of para-hydroxylation sites is 1. The van der Waals surface area contributed by atoms with E-state index < -0.39 is 6.04 Å². The molecule has 1 heterocycles. The Balaban J connectivity index is 1.74. The summed E-state index contributed by atoms with van der Waals surface area (Å²) in [4.78, 5) is 16.1. The van der Waals surface area contributed by atoms with Gasteiger partial charge in [-0.3, -0.25) is 15.1 Å². The summed E-state index contributed by atoms with van der Waals surface area (Å²) in [5.74, 6) is 0.344. The third-order valence-electron chi connectivity index (χ3n) is 5.57. The Hall–Kier alpha value is -2.89. The maximum Gasteiger partial charge on any atom is 0.224 e. The van der Waals surface area contributed by atoms with Crippen LogP contribution in [0.4, 0.5) is 0 Å². The standard InChI is InChI=1S/C24H20Cl2N2O3/c25-18-8-9-20(23(26)12-18)22-13-21(16-5-4-10-27-14-16)17(11-24(22)28(29)30)15-31-19-6-2-1-3-7-19/h1-10,12,14,22,24H,11,13,15H2/t22-,24+/m0/s1. The first kappa shape index (κ1) is 21.3. The van der Waals surface area contributed by atoms with Crippen LogP contribution in [0.2, 0.25) is 10.0 Å². The third-order valence-corrected chi connectivity index (χ3v) is 6.13. The van der Waals surface area contributed by atoms with Gasteiger partial charge in [-0.2, -0.15) is 0 Å². The monoisotopic (exact) mass is 454 g/mol. The lowest BCUT2D eigenvalue weighted by molar-refractivity contribution is -0.526. The van der Waals surface area contributed by atoms with Gasteiger partial charge in [-0.15, -0.1) is 0 Å². The first-order chi connectivity index (χ1) is 15.0. The Morgan fingerprint density at radius 3 is 2.55 bits per heavy atom. The maximum absolute atomic E-state index is 12.0. The minimum absolute atomic E-state index is 0.210. The lowest BCUT2D eigenvalue weighted by Crippen LogP contribution is -2.33. The Bertz CT molecular complexity index is 1100. The molecule has 5 nitrogen and oxygen atoms in total. The number of rotatable bonds is 6. The van der Waals surface area contributed by atoms with E-state index in [1.165, 1.54) is 0 Å². The van der Waals surface area contributed by atoms with Crippen LogP contribution in [-0.4, -0.2) is 22.6 Å². The number of pyridine rings is 1. The SMILES string of the molecule is O=[N+]([O-])[C@@H]1CC(COc2ccccc2)=C(c2cccnc2)C[C@H]1c1ccc(Cl)cc1Cl. The minimum atomic E-state index is -0.812. The molecule has 0 radical (unpaired) electrons. The van der Waals surface area contributed by atoms with Crippen molar-refractivity contribution in [1.29, 1.82) is 0 Å². The van der Waals surface area contributed by atoms with E-state index in [1.807, 2.05) is 42.5 Å². The van der Waals surface area contributed by atoms with Crippen molar-refractivity contribution in [2.75, 3.05) is 6.61 Å². The summed E-state index contributed by atoms with van der Waals surface area (Å²) in [6, 6.07) is 17.6. The molecule has 0 saturated heterocycles. The molecular formula is C24H20Cl2N2O3. The second-order valence-corrected chi connectivity index (χ2v) is 8.30. The van der Waals surface area contributed by atoms with Crippen LogP contribution in [0.15, 0.2) is 78.6 Å². The molecule has 0 bridgehead atoms. The van der Waals surface area contributed by atoms with Crippen LogP contribution in [0.25, 0.3) is 5.57 Å². The second-order valence-electron chi connectivity index (χ2n) is 7.46. The van der Waals surface area contributed by atoms with E-state index in [0.29, 0.717) is 16.5 Å². The Kier molecular flexibility index (Phi) is 6.54. The smallest absolute Gasteiger partial charge is 0.224 e. The number of halogens is 2. The normalized spacial score (nSPS) is 18.6. The molecule has 3 aromatic rings. The van der Waals surface area contributed by atoms with Gasteiger partial charge in [0.05, 0.1) is 5.92 Å². The molecule has 0 unspecified atom stereocenters. The van der Waals surface area contributed by atoms with Crippen molar-refractivity contribution in [3.05, 3.63) is 110 Å². The second kappa shape index (κ2) is 9.50. The number of benzene rings is 2. The van der Waals surface area contributed by atoms with E-state index >= 15 is 0 Å². The summed E-state index contributed by atoms with van der Waals surface area (Å²) in [6.45, 7) is 0.277. The number of allylic oxidation sites excluding steroid dienone is 1. The van der Waals surface area contributed by atoms with E-state index in [4.69, 9.17) is 27.9 Å². The van der Waals surface area contributed by atoms with Gasteiger partial charge in [0, 0.05) is 33.8 Å². The van der Waals surface area contributed by atoms with E-state index in [-0.39, 0.29) is 23.9 Å². The molecule has 0 fully saturated rings. The number of nitrogens with zero attached hydrogens (tertiary/aromatic N) is 2. The molecule has 1 aromatic heterocycles. The van der Waals surface area contributed by atoms with Crippen molar-refractivity contribution in [3.63, 3.8) is 0 Å². The molecule has 0 amide bonds. The first-order valence-electron chi connectivity index (χ1n) is 9.90. The molecule has 2 atom stereocenters. The highest BCUT2D eigenvalue weighted by Crippen LogP contribution is 2.44. The highest BCUT2D eigenvalue weighted by molar-refractivity contribution is 6.35. The molecule has 7 heteroatoms. The van der Waals surface area contributed by atoms with Crippen molar-refractivity contribution in [2.24, 2.45) is 0 Å². The zero-order valence-corrected chi connectivity index (χ0v) is 18.1. The molecule has 0 aliphatic heterocycles. The molecule has 31 heavy (non-hydrogen) atoms. The molecule has 1 aliphatic rings. The summed E-state index contributed by atoms with van der Waals surface area (Å²) >= 11 is 12.5. The van der Waals surface area contributed by atoms with Gasteiger partial charge >= 0.3 is 0 Å². The summed E-state index contributed by atoms with van der Waals surface area (Å²) in [6.07, 6.45) is 4.23. The van der Waals surface area contributed by atoms with Crippen LogP contribution in [0.3, 0.4) is 0 Å². The average Bonchev–Trinajstić information content (AvgIpc) is 2.78. The predicted octanol–water partition coefficient (Wildman–Crippen LogP) is 6.44. The molecule has 0 N–H and O–H groups in total. The van der Waals surface area contributed by atoms with Crippen LogP contribution >= 0.6 is 23.2 Å². The quantitative estimate of drug-likeness (QED) is 0.317. The van der Waals surface area contributed by atoms with Gasteiger partial charge in [-0.05, 0) is 59.0 Å². The van der Waals surface area contributed by atoms with Gasteiger partial charge in [-0.25, -0.2) is 0 Å². The zero-order chi connectivity index (χ0) is 21.8. The number of nitro groups is 1. The van der Waals surface area contributed by atoms with Gasteiger partial charge in [0.15, 0.2) is 0 Å². The summed E-state index contributed by atoms with van der Waals surface area (Å²) in [5.41, 5.74) is 3.58. The van der Waals surface area contributed by atoms with Gasteiger partial charge < -0.3 is 4.74 Å². The topological polar surface area (TPSA) is 65.3 Å². The number of ether oxygens (including phenoxy) is 1. The van der Waals surface area contributed by atoms with Crippen LogP contribution < -0.4 is 4.74 Å². The molecule has 1 aliphatic carbocycles. The lowest BCUT2D eigenvalue weighted by Gasteiger charge is -2.31. The van der Waals surface area contributed by atoms with E-state index in [0.717, 1.165) is 28.0 Å². The van der Waals surface area contributed by atoms with Crippen LogP contribution in [0, 0.1) is 10.1 Å². The zero-order valence-electron chi connectivity index (χ0n) is 16.6. The Morgan fingerprint density at radius 2 is 1.87 bits per heavy atom. The average molecular weight is 455 g/mol. The fourth-order valence-corrected chi connectivity index (χ4v) is 4.60. The minimum Gasteiger partial charge on any atom is -0.489 e. The number of hydrogen-bond donors (Lipinski definition) is 0. The fourth-order valence-electron chi connectivity index (χ4n) is 4.06. The molecule has 0 saturated carbocycles. The van der Waals surface area contributed by atoms with Crippen molar-refractivity contribution in [2.45, 2.75) is 24.8 Å². The molecule has 4 rings (SSSR count). The van der Waals surface area contributed by atoms with Crippen LogP contribution in [0.1, 0.15) is 29.9 Å². The summed E-state index contributed by atoms with van der Waals surface area (Å²) in [7, 11) is 0. The van der Waals surface area contributed by atoms with Crippen molar-refractivity contribution >= 4 is 28.8 Å².